The van der Waals surface area contributed by atoms with E-state index >= 15 is 0 Å². The third-order valence-electron chi connectivity index (χ3n) is 4.97. The van der Waals surface area contributed by atoms with Crippen LogP contribution in [0.25, 0.3) is 11.4 Å². The summed E-state index contributed by atoms with van der Waals surface area (Å²) in [5, 5.41) is 8.55. The molecule has 1 aliphatic rings. The second-order valence-electron chi connectivity index (χ2n) is 6.82. The molecule has 0 bridgehead atoms. The summed E-state index contributed by atoms with van der Waals surface area (Å²) < 4.78 is 1.91. The number of anilines is 1. The van der Waals surface area contributed by atoms with Gasteiger partial charge in [0.2, 0.25) is 5.91 Å². The standard InChI is InChI=1S/C21H22N4O/c1-15-10-11-16-9-6-12-25(18(16)13-15)20(26)14-19-22-23-21(24(19)2)17-7-4-3-5-8-17/h3-5,7-8,10-11,13H,6,9,12,14H2,1-2H3. The number of nitrogens with zero attached hydrogens (tertiary/aromatic N) is 4. The molecule has 3 aromatic rings. The van der Waals surface area contributed by atoms with E-state index in [9.17, 15) is 4.79 Å². The van der Waals surface area contributed by atoms with E-state index < -0.39 is 0 Å². The van der Waals surface area contributed by atoms with Gasteiger partial charge in [-0.25, -0.2) is 0 Å². The lowest BCUT2D eigenvalue weighted by molar-refractivity contribution is -0.118. The predicted molar refractivity (Wildman–Crippen MR) is 102 cm³/mol. The summed E-state index contributed by atoms with van der Waals surface area (Å²) in [4.78, 5) is 14.9. The minimum Gasteiger partial charge on any atom is -0.314 e. The lowest BCUT2D eigenvalue weighted by atomic mass is 9.99. The molecule has 0 saturated heterocycles. The second kappa shape index (κ2) is 6.75. The quantitative estimate of drug-likeness (QED) is 0.731. The first-order valence-corrected chi connectivity index (χ1v) is 8.97. The molecular weight excluding hydrogens is 324 g/mol. The highest BCUT2D eigenvalue weighted by molar-refractivity contribution is 5.95. The number of benzene rings is 2. The van der Waals surface area contributed by atoms with Crippen LogP contribution in [-0.2, 0) is 24.7 Å². The van der Waals surface area contributed by atoms with Crippen molar-refractivity contribution in [3.8, 4) is 11.4 Å². The normalized spacial score (nSPS) is 13.5. The van der Waals surface area contributed by atoms with Crippen LogP contribution >= 0.6 is 0 Å². The first-order valence-electron chi connectivity index (χ1n) is 8.97. The topological polar surface area (TPSA) is 51.0 Å². The van der Waals surface area contributed by atoms with Gasteiger partial charge in [-0.2, -0.15) is 0 Å². The zero-order valence-corrected chi connectivity index (χ0v) is 15.1. The fraction of sp³-hybridized carbons (Fsp3) is 0.286. The van der Waals surface area contributed by atoms with Crippen LogP contribution in [0.2, 0.25) is 0 Å². The molecule has 1 aliphatic heterocycles. The van der Waals surface area contributed by atoms with Crippen LogP contribution in [0.1, 0.15) is 23.4 Å². The molecule has 0 radical (unpaired) electrons. The summed E-state index contributed by atoms with van der Waals surface area (Å²) in [6, 6.07) is 16.3. The van der Waals surface area contributed by atoms with Crippen LogP contribution in [0.5, 0.6) is 0 Å². The summed E-state index contributed by atoms with van der Waals surface area (Å²) in [5.41, 5.74) is 4.47. The molecule has 0 aliphatic carbocycles. The second-order valence-corrected chi connectivity index (χ2v) is 6.82. The SMILES string of the molecule is Cc1ccc2c(c1)N(C(=O)Cc1nnc(-c3ccccc3)n1C)CCC2. The molecular formula is C21H22N4O. The van der Waals surface area contributed by atoms with Crippen LogP contribution in [0.15, 0.2) is 48.5 Å². The van der Waals surface area contributed by atoms with E-state index in [4.69, 9.17) is 0 Å². The van der Waals surface area contributed by atoms with Gasteiger partial charge in [0.15, 0.2) is 5.82 Å². The van der Waals surface area contributed by atoms with Crippen molar-refractivity contribution < 1.29 is 4.79 Å². The van der Waals surface area contributed by atoms with Crippen molar-refractivity contribution in [2.24, 2.45) is 7.05 Å². The summed E-state index contributed by atoms with van der Waals surface area (Å²) in [7, 11) is 1.92. The molecule has 0 fully saturated rings. The van der Waals surface area contributed by atoms with Gasteiger partial charge in [0.1, 0.15) is 5.82 Å². The average Bonchev–Trinajstić information content (AvgIpc) is 3.02. The number of hydrogen-bond donors (Lipinski definition) is 0. The highest BCUT2D eigenvalue weighted by Gasteiger charge is 2.24. The number of hydrogen-bond acceptors (Lipinski definition) is 3. The van der Waals surface area contributed by atoms with E-state index in [2.05, 4.69) is 35.3 Å². The Morgan fingerprint density at radius 3 is 2.73 bits per heavy atom. The molecule has 0 N–H and O–H groups in total. The lowest BCUT2D eigenvalue weighted by Crippen LogP contribution is -2.37. The number of amides is 1. The van der Waals surface area contributed by atoms with E-state index in [1.54, 1.807) is 0 Å². The molecule has 5 nitrogen and oxygen atoms in total. The fourth-order valence-corrected chi connectivity index (χ4v) is 3.53. The third kappa shape index (κ3) is 3.01. The predicted octanol–water partition coefficient (Wildman–Crippen LogP) is 3.31. The first-order chi connectivity index (χ1) is 12.6. The first kappa shape index (κ1) is 16.5. The molecule has 4 rings (SSSR count). The van der Waals surface area contributed by atoms with E-state index in [0.29, 0.717) is 5.82 Å². The molecule has 0 atom stereocenters. The summed E-state index contributed by atoms with van der Waals surface area (Å²) in [6.45, 7) is 2.82. The van der Waals surface area contributed by atoms with Crippen LogP contribution < -0.4 is 4.90 Å². The Labute approximate surface area is 153 Å². The van der Waals surface area contributed by atoms with Crippen molar-refractivity contribution in [2.75, 3.05) is 11.4 Å². The van der Waals surface area contributed by atoms with Gasteiger partial charge < -0.3 is 9.47 Å². The maximum atomic E-state index is 13.0. The molecule has 26 heavy (non-hydrogen) atoms. The lowest BCUT2D eigenvalue weighted by Gasteiger charge is -2.29. The highest BCUT2D eigenvalue weighted by Crippen LogP contribution is 2.28. The Balaban J connectivity index is 1.59. The smallest absolute Gasteiger partial charge is 0.234 e. The molecule has 1 amide bonds. The van der Waals surface area contributed by atoms with E-state index in [-0.39, 0.29) is 12.3 Å². The maximum Gasteiger partial charge on any atom is 0.234 e. The van der Waals surface area contributed by atoms with Crippen LogP contribution in [0, 0.1) is 6.92 Å². The molecule has 0 saturated carbocycles. The van der Waals surface area contributed by atoms with Gasteiger partial charge in [-0.15, -0.1) is 10.2 Å². The Kier molecular flexibility index (Phi) is 4.29. The zero-order chi connectivity index (χ0) is 18.1. The van der Waals surface area contributed by atoms with Crippen molar-refractivity contribution in [1.29, 1.82) is 0 Å². The largest absolute Gasteiger partial charge is 0.314 e. The van der Waals surface area contributed by atoms with E-state index in [1.165, 1.54) is 11.1 Å². The van der Waals surface area contributed by atoms with Gasteiger partial charge in [-0.05, 0) is 37.0 Å². The highest BCUT2D eigenvalue weighted by atomic mass is 16.2. The van der Waals surface area contributed by atoms with Gasteiger partial charge in [-0.3, -0.25) is 4.79 Å². The van der Waals surface area contributed by atoms with Crippen molar-refractivity contribution in [1.82, 2.24) is 14.8 Å². The van der Waals surface area contributed by atoms with Crippen LogP contribution in [-0.4, -0.2) is 27.2 Å². The summed E-state index contributed by atoms with van der Waals surface area (Å²) >= 11 is 0. The van der Waals surface area contributed by atoms with E-state index in [1.807, 2.05) is 46.8 Å². The Bertz CT molecular complexity index is 946. The minimum absolute atomic E-state index is 0.0756. The average molecular weight is 346 g/mol. The number of carbonyl (C=O) groups excluding carboxylic acids is 1. The molecule has 132 valence electrons. The van der Waals surface area contributed by atoms with Gasteiger partial charge in [0, 0.05) is 24.8 Å². The third-order valence-corrected chi connectivity index (χ3v) is 4.97. The minimum atomic E-state index is 0.0756. The Hall–Kier alpha value is -2.95. The zero-order valence-electron chi connectivity index (χ0n) is 15.1. The molecule has 1 aromatic heterocycles. The molecule has 0 spiro atoms. The fourth-order valence-electron chi connectivity index (χ4n) is 3.53. The van der Waals surface area contributed by atoms with Crippen molar-refractivity contribution >= 4 is 11.6 Å². The Morgan fingerprint density at radius 1 is 1.12 bits per heavy atom. The Morgan fingerprint density at radius 2 is 1.92 bits per heavy atom. The summed E-state index contributed by atoms with van der Waals surface area (Å²) in [5.74, 6) is 1.54. The molecule has 2 heterocycles. The summed E-state index contributed by atoms with van der Waals surface area (Å²) in [6.07, 6.45) is 2.28. The number of aromatic nitrogens is 3. The van der Waals surface area contributed by atoms with Gasteiger partial charge in [0.25, 0.3) is 0 Å². The van der Waals surface area contributed by atoms with Crippen molar-refractivity contribution in [3.63, 3.8) is 0 Å². The number of carbonyl (C=O) groups is 1. The van der Waals surface area contributed by atoms with Gasteiger partial charge >= 0.3 is 0 Å². The van der Waals surface area contributed by atoms with Crippen LogP contribution in [0.3, 0.4) is 0 Å². The number of aryl methyl sites for hydroxylation is 2. The molecule has 5 heteroatoms. The van der Waals surface area contributed by atoms with Crippen LogP contribution in [0.4, 0.5) is 5.69 Å². The van der Waals surface area contributed by atoms with Crippen molar-refractivity contribution in [3.05, 3.63) is 65.5 Å². The van der Waals surface area contributed by atoms with Crippen molar-refractivity contribution in [2.45, 2.75) is 26.2 Å². The monoisotopic (exact) mass is 346 g/mol. The number of fused-ring (bicyclic) bond motifs is 1. The van der Waals surface area contributed by atoms with E-state index in [0.717, 1.165) is 36.5 Å². The molecule has 0 unspecified atom stereocenters. The number of rotatable bonds is 3. The van der Waals surface area contributed by atoms with Gasteiger partial charge in [-0.1, -0.05) is 42.5 Å². The molecule has 2 aromatic carbocycles. The van der Waals surface area contributed by atoms with Gasteiger partial charge in [0.05, 0.1) is 6.42 Å². The maximum absolute atomic E-state index is 13.0.